The molecule has 9 nitrogen and oxygen atoms in total. The number of dihydropyridines is 1. The number of hydrogen-bond donors (Lipinski definition) is 1. The molecule has 0 amide bonds. The molecule has 1 unspecified atom stereocenters. The lowest BCUT2D eigenvalue weighted by Crippen LogP contribution is -2.38. The van der Waals surface area contributed by atoms with Gasteiger partial charge in [0.05, 0.1) is 19.3 Å². The van der Waals surface area contributed by atoms with Gasteiger partial charge in [-0.1, -0.05) is 30.2 Å². The van der Waals surface area contributed by atoms with Crippen molar-refractivity contribution < 1.29 is 28.4 Å². The maximum atomic E-state index is 13.4. The summed E-state index contributed by atoms with van der Waals surface area (Å²) in [6.07, 6.45) is 1.12. The number of Topliss-reactive ketones (excluding diaryl/α,β-unsaturated/α-hetero) is 1. The van der Waals surface area contributed by atoms with E-state index >= 15 is 0 Å². The number of carbonyl (C=O) groups excluding carboxylic acids is 2. The van der Waals surface area contributed by atoms with Crippen LogP contribution in [0.25, 0.3) is 0 Å². The minimum atomic E-state index is -0.571. The van der Waals surface area contributed by atoms with E-state index in [4.69, 9.17) is 18.8 Å². The molecule has 4 rings (SSSR count). The Bertz CT molecular complexity index is 1220. The van der Waals surface area contributed by atoms with Crippen molar-refractivity contribution in [1.82, 2.24) is 15.6 Å². The number of aromatic nitrogens is 2. The Kier molecular flexibility index (Phi) is 6.69. The molecule has 2 heterocycles. The number of allylic oxidation sites excluding steroid dienone is 3. The van der Waals surface area contributed by atoms with E-state index in [2.05, 4.69) is 29.5 Å². The summed E-state index contributed by atoms with van der Waals surface area (Å²) in [6.45, 7) is 9.94. The smallest absolute Gasteiger partial charge is 0.336 e. The Balaban J connectivity index is 1.76. The highest BCUT2D eigenvalue weighted by Crippen LogP contribution is 2.47. The second-order valence-corrected chi connectivity index (χ2v) is 9.65. The Hall–Kier alpha value is -3.62. The summed E-state index contributed by atoms with van der Waals surface area (Å²) in [5.74, 6) is -0.0202. The van der Waals surface area contributed by atoms with E-state index in [1.165, 1.54) is 0 Å². The van der Waals surface area contributed by atoms with Gasteiger partial charge in [0.25, 0.3) is 0 Å². The van der Waals surface area contributed by atoms with Crippen molar-refractivity contribution in [3.05, 3.63) is 57.7 Å². The lowest BCUT2D eigenvalue weighted by atomic mass is 9.68. The van der Waals surface area contributed by atoms with Crippen LogP contribution in [-0.2, 0) is 20.9 Å². The van der Waals surface area contributed by atoms with Gasteiger partial charge in [0, 0.05) is 29.3 Å². The SMILES string of the molecule is CCOC(=O)C1=C(C)NC2=C(C(=O)CC(C)(C)C2)C1c1ccc(OCc2nonc2C)c(OC)c1. The molecule has 0 spiro atoms. The van der Waals surface area contributed by atoms with Crippen molar-refractivity contribution in [2.45, 2.75) is 60.0 Å². The number of methoxy groups -OCH3 is 1. The number of nitrogens with zero attached hydrogens (tertiary/aromatic N) is 2. The molecule has 1 aromatic heterocycles. The predicted molar refractivity (Wildman–Crippen MR) is 127 cm³/mol. The summed E-state index contributed by atoms with van der Waals surface area (Å²) in [7, 11) is 1.55. The second kappa shape index (κ2) is 9.56. The van der Waals surface area contributed by atoms with Crippen LogP contribution in [0.4, 0.5) is 0 Å². The van der Waals surface area contributed by atoms with E-state index in [0.29, 0.717) is 52.6 Å². The molecule has 35 heavy (non-hydrogen) atoms. The van der Waals surface area contributed by atoms with Crippen molar-refractivity contribution in [2.24, 2.45) is 5.41 Å². The number of ether oxygens (including phenoxy) is 3. The largest absolute Gasteiger partial charge is 0.493 e. The Morgan fingerprint density at radius 1 is 1.20 bits per heavy atom. The molecule has 1 aliphatic carbocycles. The van der Waals surface area contributed by atoms with Gasteiger partial charge in [-0.3, -0.25) is 4.79 Å². The molecule has 0 saturated carbocycles. The monoisotopic (exact) mass is 481 g/mol. The number of carbonyl (C=O) groups is 2. The van der Waals surface area contributed by atoms with Crippen molar-refractivity contribution in [2.75, 3.05) is 13.7 Å². The molecule has 1 atom stereocenters. The van der Waals surface area contributed by atoms with Gasteiger partial charge in [-0.15, -0.1) is 0 Å². The van der Waals surface area contributed by atoms with Gasteiger partial charge in [0.15, 0.2) is 17.3 Å². The van der Waals surface area contributed by atoms with Crippen LogP contribution in [-0.4, -0.2) is 35.8 Å². The number of esters is 1. The topological polar surface area (TPSA) is 113 Å². The molecule has 0 saturated heterocycles. The van der Waals surface area contributed by atoms with Gasteiger partial charge >= 0.3 is 5.97 Å². The average molecular weight is 482 g/mol. The number of aryl methyl sites for hydroxylation is 1. The van der Waals surface area contributed by atoms with E-state index in [1.54, 1.807) is 27.0 Å². The second-order valence-electron chi connectivity index (χ2n) is 9.65. The number of benzene rings is 1. The maximum Gasteiger partial charge on any atom is 0.336 e. The average Bonchev–Trinajstić information content (AvgIpc) is 3.20. The van der Waals surface area contributed by atoms with E-state index in [-0.39, 0.29) is 24.4 Å². The molecule has 9 heteroatoms. The molecule has 1 aliphatic heterocycles. The van der Waals surface area contributed by atoms with Crippen molar-refractivity contribution in [3.63, 3.8) is 0 Å². The Morgan fingerprint density at radius 3 is 2.63 bits per heavy atom. The van der Waals surface area contributed by atoms with Gasteiger partial charge in [-0.05, 0) is 50.3 Å². The third-order valence-electron chi connectivity index (χ3n) is 6.37. The normalized spacial score (nSPS) is 19.3. The van der Waals surface area contributed by atoms with Crippen LogP contribution < -0.4 is 14.8 Å². The Morgan fingerprint density at radius 2 is 1.97 bits per heavy atom. The van der Waals surface area contributed by atoms with Crippen LogP contribution in [0.15, 0.2) is 45.4 Å². The number of hydrogen-bond acceptors (Lipinski definition) is 9. The highest BCUT2D eigenvalue weighted by atomic mass is 16.6. The van der Waals surface area contributed by atoms with Gasteiger partial charge in [0.1, 0.15) is 18.0 Å². The summed E-state index contributed by atoms with van der Waals surface area (Å²) in [5, 5.41) is 10.9. The summed E-state index contributed by atoms with van der Waals surface area (Å²) in [5.41, 5.74) is 4.39. The number of ketones is 1. The quantitative estimate of drug-likeness (QED) is 0.583. The predicted octanol–water partition coefficient (Wildman–Crippen LogP) is 4.13. The van der Waals surface area contributed by atoms with Crippen LogP contribution in [0.1, 0.15) is 63.4 Å². The van der Waals surface area contributed by atoms with Crippen LogP contribution >= 0.6 is 0 Å². The lowest BCUT2D eigenvalue weighted by molar-refractivity contribution is -0.138. The third-order valence-corrected chi connectivity index (χ3v) is 6.37. The van der Waals surface area contributed by atoms with Crippen LogP contribution in [0.5, 0.6) is 11.5 Å². The zero-order valence-corrected chi connectivity index (χ0v) is 21.0. The molecule has 1 N–H and O–H groups in total. The summed E-state index contributed by atoms with van der Waals surface area (Å²) in [4.78, 5) is 26.5. The molecule has 186 valence electrons. The molecule has 1 aromatic carbocycles. The fourth-order valence-corrected chi connectivity index (χ4v) is 4.76. The first-order valence-corrected chi connectivity index (χ1v) is 11.6. The molecule has 0 bridgehead atoms. The summed E-state index contributed by atoms with van der Waals surface area (Å²) < 4.78 is 21.6. The van der Waals surface area contributed by atoms with Crippen molar-refractivity contribution in [3.8, 4) is 11.5 Å². The van der Waals surface area contributed by atoms with Crippen LogP contribution in [0.3, 0.4) is 0 Å². The molecule has 0 fully saturated rings. The van der Waals surface area contributed by atoms with Crippen molar-refractivity contribution in [1.29, 1.82) is 0 Å². The van der Waals surface area contributed by atoms with E-state index in [0.717, 1.165) is 11.3 Å². The first kappa shape index (κ1) is 24.5. The first-order valence-electron chi connectivity index (χ1n) is 11.6. The minimum absolute atomic E-state index is 0.0244. The zero-order valence-electron chi connectivity index (χ0n) is 21.0. The fraction of sp³-hybridized carbons (Fsp3) is 0.462. The third kappa shape index (κ3) is 4.80. The first-order chi connectivity index (χ1) is 16.6. The highest BCUT2D eigenvalue weighted by Gasteiger charge is 2.43. The standard InChI is InChI=1S/C26H31N3O6/c1-7-33-25(31)22-15(3)27-17-11-26(4,5)12-19(30)24(17)23(22)16-8-9-20(21(10-16)32-6)34-13-18-14(2)28-35-29-18/h8-10,23,27H,7,11-13H2,1-6H3. The number of nitrogens with one attached hydrogen (secondary N) is 1. The molecule has 2 aromatic rings. The van der Waals surface area contributed by atoms with Gasteiger partial charge in [0.2, 0.25) is 0 Å². The fourth-order valence-electron chi connectivity index (χ4n) is 4.76. The molecule has 0 radical (unpaired) electrons. The summed E-state index contributed by atoms with van der Waals surface area (Å²) >= 11 is 0. The van der Waals surface area contributed by atoms with E-state index in [1.807, 2.05) is 19.1 Å². The van der Waals surface area contributed by atoms with E-state index < -0.39 is 11.9 Å². The van der Waals surface area contributed by atoms with E-state index in [9.17, 15) is 9.59 Å². The van der Waals surface area contributed by atoms with Gasteiger partial charge in [-0.25, -0.2) is 9.42 Å². The van der Waals surface area contributed by atoms with Crippen LogP contribution in [0.2, 0.25) is 0 Å². The maximum absolute atomic E-state index is 13.4. The van der Waals surface area contributed by atoms with Gasteiger partial charge < -0.3 is 19.5 Å². The van der Waals surface area contributed by atoms with Crippen molar-refractivity contribution >= 4 is 11.8 Å². The van der Waals surface area contributed by atoms with Crippen LogP contribution in [0, 0.1) is 12.3 Å². The minimum Gasteiger partial charge on any atom is -0.493 e. The molecular formula is C26H31N3O6. The molecule has 2 aliphatic rings. The summed E-state index contributed by atoms with van der Waals surface area (Å²) in [6, 6.07) is 5.43. The lowest BCUT2D eigenvalue weighted by Gasteiger charge is -2.39. The number of rotatable bonds is 7. The molecular weight excluding hydrogens is 450 g/mol. The highest BCUT2D eigenvalue weighted by molar-refractivity contribution is 6.04. The zero-order chi connectivity index (χ0) is 25.3. The van der Waals surface area contributed by atoms with Gasteiger partial charge in [-0.2, -0.15) is 0 Å². The Labute approximate surface area is 204 Å².